The first-order valence-corrected chi connectivity index (χ1v) is 17.1. The van der Waals surface area contributed by atoms with Crippen molar-refractivity contribution in [2.45, 2.75) is 38.0 Å². The molecule has 0 saturated carbocycles. The number of nitrogen functional groups attached to an aromatic ring is 2. The molecule has 5 atom stereocenters. The summed E-state index contributed by atoms with van der Waals surface area (Å²) in [6, 6.07) is 1.70. The van der Waals surface area contributed by atoms with Crippen molar-refractivity contribution in [1.29, 1.82) is 0 Å². The maximum Gasteiger partial charge on any atom is 0.386 e. The molecule has 40 heavy (non-hydrogen) atoms. The first kappa shape index (κ1) is 27.7. The van der Waals surface area contributed by atoms with Gasteiger partial charge in [-0.3, -0.25) is 28.3 Å². The van der Waals surface area contributed by atoms with Gasteiger partial charge in [-0.2, -0.15) is 0 Å². The molecular formula is C19H24N9O8P2S2+. The van der Waals surface area contributed by atoms with E-state index in [1.54, 1.807) is 10.6 Å². The lowest BCUT2D eigenvalue weighted by Crippen LogP contribution is -2.45. The highest BCUT2D eigenvalue weighted by Gasteiger charge is 2.44. The SMILES string of the molecule is Nc1nc2c([nH]c[n+]2C2OC3COP(=O)(S)OCCn4c(cc5c(N)ncnc54)COP(O)(=S)OC2C3)c(=O)[nH]1. The van der Waals surface area contributed by atoms with Gasteiger partial charge in [0, 0.05) is 18.7 Å². The fourth-order valence-corrected chi connectivity index (χ4v) is 7.23. The molecule has 0 radical (unpaired) electrons. The third-order valence-electron chi connectivity index (χ3n) is 6.37. The van der Waals surface area contributed by atoms with Crippen molar-refractivity contribution in [2.75, 3.05) is 24.7 Å². The second-order valence-electron chi connectivity index (χ2n) is 8.98. The number of nitrogens with one attached hydrogen (secondary N) is 2. The maximum absolute atomic E-state index is 12.9. The Kier molecular flexibility index (Phi) is 7.23. The molecule has 7 N–H and O–H groups in total. The van der Waals surface area contributed by atoms with Crippen LogP contribution < -0.4 is 21.6 Å². The highest BCUT2D eigenvalue weighted by Crippen LogP contribution is 2.54. The second kappa shape index (κ2) is 10.4. The summed E-state index contributed by atoms with van der Waals surface area (Å²) in [4.78, 5) is 41.1. The molecular weight excluding hydrogens is 608 g/mol. The van der Waals surface area contributed by atoms with Crippen molar-refractivity contribution in [3.63, 3.8) is 0 Å². The fourth-order valence-electron chi connectivity index (χ4n) is 4.66. The number of H-pyrrole nitrogens is 2. The first-order valence-electron chi connectivity index (χ1n) is 11.8. The summed E-state index contributed by atoms with van der Waals surface area (Å²) in [7, 11) is 0. The van der Waals surface area contributed by atoms with Gasteiger partial charge in [0.2, 0.25) is 11.7 Å². The lowest BCUT2D eigenvalue weighted by atomic mass is 10.2. The lowest BCUT2D eigenvalue weighted by Gasteiger charge is -2.23. The second-order valence-corrected chi connectivity index (χ2v) is 14.7. The molecule has 0 spiro atoms. The Hall–Kier alpha value is -2.44. The number of hydrogen-bond donors (Lipinski definition) is 6. The number of imidazole rings is 1. The van der Waals surface area contributed by atoms with Crippen LogP contribution in [0.25, 0.3) is 22.2 Å². The van der Waals surface area contributed by atoms with Gasteiger partial charge in [0.05, 0.1) is 31.3 Å². The van der Waals surface area contributed by atoms with E-state index in [0.717, 1.165) is 0 Å². The Bertz CT molecular complexity index is 1760. The lowest BCUT2D eigenvalue weighted by molar-refractivity contribution is -0.744. The molecule has 4 aromatic rings. The van der Waals surface area contributed by atoms with Crippen molar-refractivity contribution >= 4 is 71.5 Å². The van der Waals surface area contributed by atoms with Crippen molar-refractivity contribution in [2.24, 2.45) is 0 Å². The quantitative estimate of drug-likeness (QED) is 0.0961. The average molecular weight is 633 g/mol. The molecule has 6 rings (SSSR count). The topological polar surface area (TPSA) is 232 Å². The monoisotopic (exact) mass is 632 g/mol. The molecule has 1 saturated heterocycles. The van der Waals surface area contributed by atoms with Crippen LogP contribution in [0.15, 0.2) is 23.5 Å². The maximum atomic E-state index is 12.9. The van der Waals surface area contributed by atoms with Crippen LogP contribution in [0.3, 0.4) is 0 Å². The highest BCUT2D eigenvalue weighted by atomic mass is 32.7. The van der Waals surface area contributed by atoms with Crippen LogP contribution in [-0.4, -0.2) is 59.8 Å². The zero-order chi connectivity index (χ0) is 28.2. The Balaban J connectivity index is 1.36. The van der Waals surface area contributed by atoms with E-state index in [1.165, 1.54) is 17.2 Å². The summed E-state index contributed by atoms with van der Waals surface area (Å²) in [5.74, 6) is 0.129. The third kappa shape index (κ3) is 5.42. The molecule has 2 bridgehead atoms. The molecule has 17 nitrogen and oxygen atoms in total. The van der Waals surface area contributed by atoms with E-state index in [9.17, 15) is 14.3 Å². The molecule has 2 aliphatic rings. The van der Waals surface area contributed by atoms with E-state index in [1.807, 2.05) is 0 Å². The minimum atomic E-state index is -3.88. The molecule has 214 valence electrons. The minimum Gasteiger partial charge on any atom is -0.383 e. The van der Waals surface area contributed by atoms with Crippen LogP contribution in [0, 0.1) is 0 Å². The van der Waals surface area contributed by atoms with Crippen molar-refractivity contribution in [3.05, 3.63) is 34.8 Å². The van der Waals surface area contributed by atoms with Crippen molar-refractivity contribution in [3.8, 4) is 0 Å². The Labute approximate surface area is 235 Å². The van der Waals surface area contributed by atoms with Crippen molar-refractivity contribution in [1.82, 2.24) is 29.5 Å². The van der Waals surface area contributed by atoms with Crippen LogP contribution in [0.1, 0.15) is 18.3 Å². The van der Waals surface area contributed by atoms with Gasteiger partial charge in [-0.15, -0.1) is 0 Å². The molecule has 5 unspecified atom stereocenters. The Morgan fingerprint density at radius 3 is 2.92 bits per heavy atom. The molecule has 21 heteroatoms. The predicted molar refractivity (Wildman–Crippen MR) is 146 cm³/mol. The Morgan fingerprint density at radius 2 is 2.10 bits per heavy atom. The van der Waals surface area contributed by atoms with E-state index in [4.69, 9.17) is 46.1 Å². The zero-order valence-corrected chi connectivity index (χ0v) is 23.9. The standard InChI is InChI=1S/C19H23N9O8P2S2/c20-14-11-3-9-5-33-38(31,40)36-12-4-10(6-34-37(30,39)32-2-1-27(9)15(11)23-7-22-14)35-18(12)28-8-24-13-16(28)25-19(21)26-17(13)29/h3,7-8,10,12,18H,1-2,4-6H2,(H7,20,21,22,23,25,26,29,30,31,39,40)/p+1. The summed E-state index contributed by atoms with van der Waals surface area (Å²) in [6.45, 7) is -7.93. The van der Waals surface area contributed by atoms with Gasteiger partial charge >= 0.3 is 19.2 Å². The van der Waals surface area contributed by atoms with Gasteiger partial charge in [-0.1, -0.05) is 17.2 Å². The van der Waals surface area contributed by atoms with Crippen LogP contribution >= 0.6 is 25.8 Å². The molecule has 4 aromatic heterocycles. The van der Waals surface area contributed by atoms with Crippen LogP contribution in [0.5, 0.6) is 0 Å². The highest BCUT2D eigenvalue weighted by molar-refractivity contribution is 8.44. The number of rotatable bonds is 1. The number of anilines is 2. The normalized spacial score (nSPS) is 30.2. The molecule has 0 aliphatic carbocycles. The van der Waals surface area contributed by atoms with Gasteiger partial charge in [-0.05, 0) is 17.9 Å². The summed E-state index contributed by atoms with van der Waals surface area (Å²) >= 11 is 9.44. The molecule has 2 aliphatic heterocycles. The van der Waals surface area contributed by atoms with Crippen LogP contribution in [0.4, 0.5) is 11.8 Å². The van der Waals surface area contributed by atoms with Crippen LogP contribution in [-0.2, 0) is 52.4 Å². The molecule has 1 fully saturated rings. The minimum absolute atomic E-state index is 0.0607. The van der Waals surface area contributed by atoms with E-state index < -0.39 is 37.5 Å². The largest absolute Gasteiger partial charge is 0.386 e. The van der Waals surface area contributed by atoms with E-state index in [-0.39, 0.29) is 55.7 Å². The van der Waals surface area contributed by atoms with Crippen molar-refractivity contribution < 1.29 is 36.9 Å². The Morgan fingerprint density at radius 1 is 1.27 bits per heavy atom. The number of aromatic nitrogens is 7. The fraction of sp³-hybridized carbons (Fsp3) is 0.421. The zero-order valence-electron chi connectivity index (χ0n) is 20.4. The smallest absolute Gasteiger partial charge is 0.383 e. The summed E-state index contributed by atoms with van der Waals surface area (Å²) in [6.07, 6.45) is 0.369. The predicted octanol–water partition coefficient (Wildman–Crippen LogP) is 0.639. The van der Waals surface area contributed by atoms with E-state index in [2.05, 4.69) is 37.2 Å². The first-order chi connectivity index (χ1) is 19.0. The number of hydrogen-bond acceptors (Lipinski definition) is 13. The number of ether oxygens (including phenoxy) is 1. The van der Waals surface area contributed by atoms with E-state index in [0.29, 0.717) is 16.7 Å². The number of thiol groups is 1. The third-order valence-corrected chi connectivity index (χ3v) is 9.62. The molecule has 0 aromatic carbocycles. The van der Waals surface area contributed by atoms with Gasteiger partial charge in [0.15, 0.2) is 6.33 Å². The average Bonchev–Trinajstić information content (AvgIpc) is 3.57. The number of aromatic amines is 2. The summed E-state index contributed by atoms with van der Waals surface area (Å²) in [5.41, 5.74) is 12.6. The molecule has 6 heterocycles. The van der Waals surface area contributed by atoms with Gasteiger partial charge in [0.1, 0.15) is 23.9 Å². The number of nitrogens with zero attached hydrogens (tertiary/aromatic N) is 5. The summed E-state index contributed by atoms with van der Waals surface area (Å²) < 4.78 is 44.9. The van der Waals surface area contributed by atoms with Gasteiger partial charge < -0.3 is 30.2 Å². The van der Waals surface area contributed by atoms with Gasteiger partial charge in [0.25, 0.3) is 11.5 Å². The van der Waals surface area contributed by atoms with E-state index >= 15 is 0 Å². The number of fused-ring (bicyclic) bond motifs is 6. The summed E-state index contributed by atoms with van der Waals surface area (Å²) in [5, 5.41) is 0.546. The molecule has 0 amide bonds. The number of nitrogens with two attached hydrogens (primary N) is 2. The van der Waals surface area contributed by atoms with Gasteiger partial charge in [-0.25, -0.2) is 19.1 Å². The van der Waals surface area contributed by atoms with Crippen LogP contribution in [0.2, 0.25) is 0 Å².